The van der Waals surface area contributed by atoms with Crippen molar-refractivity contribution in [2.75, 3.05) is 33.4 Å². The first-order chi connectivity index (χ1) is 7.54. The van der Waals surface area contributed by atoms with E-state index in [1.54, 1.807) is 0 Å². The van der Waals surface area contributed by atoms with Crippen molar-refractivity contribution in [3.8, 4) is 0 Å². The first-order valence-corrected chi connectivity index (χ1v) is 5.96. The Labute approximate surface area is 97.9 Å². The Morgan fingerprint density at radius 3 is 2.69 bits per heavy atom. The van der Waals surface area contributed by atoms with Gasteiger partial charge < -0.3 is 9.47 Å². The molecule has 94 valence electrons. The molecule has 0 amide bonds. The molecule has 1 heterocycles. The number of carbonyl (C=O) groups is 1. The highest BCUT2D eigenvalue weighted by molar-refractivity contribution is 5.73. The molecule has 2 atom stereocenters. The Hall–Kier alpha value is -0.610. The van der Waals surface area contributed by atoms with E-state index in [0.717, 1.165) is 26.2 Å². The van der Waals surface area contributed by atoms with Crippen molar-refractivity contribution in [1.82, 2.24) is 4.90 Å². The van der Waals surface area contributed by atoms with E-state index in [-0.39, 0.29) is 18.0 Å². The van der Waals surface area contributed by atoms with Crippen LogP contribution in [0.1, 0.15) is 20.8 Å². The van der Waals surface area contributed by atoms with Crippen LogP contribution in [0.5, 0.6) is 0 Å². The van der Waals surface area contributed by atoms with Crippen molar-refractivity contribution in [2.45, 2.75) is 26.9 Å². The Morgan fingerprint density at radius 2 is 2.12 bits per heavy atom. The second-order valence-corrected chi connectivity index (χ2v) is 4.79. The van der Waals surface area contributed by atoms with Gasteiger partial charge in [0.15, 0.2) is 0 Å². The maximum Gasteiger partial charge on any atom is 0.310 e. The molecule has 16 heavy (non-hydrogen) atoms. The molecule has 1 rings (SSSR count). The van der Waals surface area contributed by atoms with Gasteiger partial charge in [-0.1, -0.05) is 6.92 Å². The highest BCUT2D eigenvalue weighted by atomic mass is 16.5. The smallest absolute Gasteiger partial charge is 0.310 e. The van der Waals surface area contributed by atoms with Crippen LogP contribution in [0.15, 0.2) is 0 Å². The second-order valence-electron chi connectivity index (χ2n) is 4.79. The van der Waals surface area contributed by atoms with E-state index in [9.17, 15) is 4.79 Å². The average Bonchev–Trinajstić information content (AvgIpc) is 2.58. The van der Waals surface area contributed by atoms with E-state index in [4.69, 9.17) is 9.47 Å². The zero-order chi connectivity index (χ0) is 12.1. The summed E-state index contributed by atoms with van der Waals surface area (Å²) in [5.41, 5.74) is 0. The predicted octanol–water partition coefficient (Wildman–Crippen LogP) is 1.15. The zero-order valence-electron chi connectivity index (χ0n) is 10.7. The third kappa shape index (κ3) is 3.76. The van der Waals surface area contributed by atoms with Crippen LogP contribution in [0.4, 0.5) is 0 Å². The molecule has 4 heteroatoms. The Balaban J connectivity index is 2.30. The number of hydrogen-bond acceptors (Lipinski definition) is 4. The van der Waals surface area contributed by atoms with Gasteiger partial charge in [-0.15, -0.1) is 0 Å². The fraction of sp³-hybridized carbons (Fsp3) is 0.917. The molecule has 0 aromatic heterocycles. The van der Waals surface area contributed by atoms with Gasteiger partial charge in [0.2, 0.25) is 0 Å². The molecule has 4 nitrogen and oxygen atoms in total. The summed E-state index contributed by atoms with van der Waals surface area (Å²) in [4.78, 5) is 13.7. The molecule has 0 aliphatic carbocycles. The van der Waals surface area contributed by atoms with Crippen molar-refractivity contribution in [1.29, 1.82) is 0 Å². The number of esters is 1. The predicted molar refractivity (Wildman–Crippen MR) is 62.2 cm³/mol. The van der Waals surface area contributed by atoms with Crippen molar-refractivity contribution in [2.24, 2.45) is 11.8 Å². The second kappa shape index (κ2) is 6.21. The zero-order valence-corrected chi connectivity index (χ0v) is 10.7. The molecule has 1 aliphatic heterocycles. The van der Waals surface area contributed by atoms with E-state index < -0.39 is 0 Å². The molecule has 0 saturated carbocycles. The average molecular weight is 229 g/mol. The summed E-state index contributed by atoms with van der Waals surface area (Å²) in [7, 11) is 1.46. The van der Waals surface area contributed by atoms with Crippen LogP contribution in [-0.2, 0) is 14.3 Å². The lowest BCUT2D eigenvalue weighted by atomic mass is 9.99. The van der Waals surface area contributed by atoms with Crippen molar-refractivity contribution < 1.29 is 14.3 Å². The maximum absolute atomic E-state index is 11.5. The highest BCUT2D eigenvalue weighted by Crippen LogP contribution is 2.23. The number of carbonyl (C=O) groups excluding carboxylic acids is 1. The normalized spacial score (nSPS) is 26.3. The molecule has 0 N–H and O–H groups in total. The van der Waals surface area contributed by atoms with E-state index in [1.807, 2.05) is 13.8 Å². The number of hydrogen-bond donors (Lipinski definition) is 0. The van der Waals surface area contributed by atoms with Crippen LogP contribution in [-0.4, -0.2) is 50.3 Å². The summed E-state index contributed by atoms with van der Waals surface area (Å²) >= 11 is 0. The van der Waals surface area contributed by atoms with Gasteiger partial charge in [-0.2, -0.15) is 0 Å². The van der Waals surface area contributed by atoms with Crippen molar-refractivity contribution >= 4 is 5.97 Å². The number of rotatable bonds is 5. The monoisotopic (exact) mass is 229 g/mol. The first-order valence-electron chi connectivity index (χ1n) is 5.96. The number of methoxy groups -OCH3 is 1. The minimum Gasteiger partial charge on any atom is -0.469 e. The molecule has 1 fully saturated rings. The van der Waals surface area contributed by atoms with Crippen LogP contribution in [0.2, 0.25) is 0 Å². The lowest BCUT2D eigenvalue weighted by Gasteiger charge is -2.16. The van der Waals surface area contributed by atoms with Crippen molar-refractivity contribution in [3.63, 3.8) is 0 Å². The maximum atomic E-state index is 11.5. The summed E-state index contributed by atoms with van der Waals surface area (Å²) < 4.78 is 10.3. The van der Waals surface area contributed by atoms with Gasteiger partial charge in [-0.05, 0) is 19.8 Å². The molecular weight excluding hydrogens is 206 g/mol. The molecule has 0 spiro atoms. The third-order valence-corrected chi connectivity index (χ3v) is 3.05. The number of nitrogens with zero attached hydrogens (tertiary/aromatic N) is 1. The van der Waals surface area contributed by atoms with Gasteiger partial charge >= 0.3 is 5.97 Å². The molecule has 0 radical (unpaired) electrons. The van der Waals surface area contributed by atoms with Crippen LogP contribution in [0, 0.1) is 11.8 Å². The Bertz CT molecular complexity index is 230. The van der Waals surface area contributed by atoms with E-state index in [0.29, 0.717) is 5.92 Å². The fourth-order valence-electron chi connectivity index (χ4n) is 2.13. The molecule has 2 unspecified atom stereocenters. The lowest BCUT2D eigenvalue weighted by molar-refractivity contribution is -0.146. The van der Waals surface area contributed by atoms with Crippen LogP contribution in [0.3, 0.4) is 0 Å². The van der Waals surface area contributed by atoms with Crippen LogP contribution < -0.4 is 0 Å². The van der Waals surface area contributed by atoms with Gasteiger partial charge in [-0.3, -0.25) is 9.69 Å². The fourth-order valence-corrected chi connectivity index (χ4v) is 2.13. The van der Waals surface area contributed by atoms with E-state index in [1.165, 1.54) is 7.11 Å². The third-order valence-electron chi connectivity index (χ3n) is 3.05. The summed E-state index contributed by atoms with van der Waals surface area (Å²) in [5, 5.41) is 0. The molecule has 0 aromatic rings. The SMILES string of the molecule is COC(=O)C1CN(CCOC(C)C)CC1C. The molecule has 1 aliphatic rings. The van der Waals surface area contributed by atoms with Crippen LogP contribution in [0.25, 0.3) is 0 Å². The minimum absolute atomic E-state index is 0.0315. The quantitative estimate of drug-likeness (QED) is 0.663. The van der Waals surface area contributed by atoms with Gasteiger partial charge in [0.05, 0.1) is 25.7 Å². The topological polar surface area (TPSA) is 38.8 Å². The largest absolute Gasteiger partial charge is 0.469 e. The molecular formula is C12H23NO3. The summed E-state index contributed by atoms with van der Waals surface area (Å²) in [6.45, 7) is 9.56. The van der Waals surface area contributed by atoms with Gasteiger partial charge in [-0.25, -0.2) is 0 Å². The molecule has 0 bridgehead atoms. The summed E-state index contributed by atoms with van der Waals surface area (Å²) in [5.74, 6) is 0.329. The van der Waals surface area contributed by atoms with E-state index in [2.05, 4.69) is 11.8 Å². The Morgan fingerprint density at radius 1 is 1.44 bits per heavy atom. The lowest BCUT2D eigenvalue weighted by Crippen LogP contribution is -2.28. The van der Waals surface area contributed by atoms with Gasteiger partial charge in [0, 0.05) is 19.6 Å². The molecule has 1 saturated heterocycles. The highest BCUT2D eigenvalue weighted by Gasteiger charge is 2.35. The minimum atomic E-state index is -0.0835. The van der Waals surface area contributed by atoms with Gasteiger partial charge in [0.25, 0.3) is 0 Å². The summed E-state index contributed by atoms with van der Waals surface area (Å²) in [6.07, 6.45) is 0.274. The number of likely N-dealkylation sites (tertiary alicyclic amines) is 1. The summed E-state index contributed by atoms with van der Waals surface area (Å²) in [6, 6.07) is 0. The standard InChI is InChI=1S/C12H23NO3/c1-9(2)16-6-5-13-7-10(3)11(8-13)12(14)15-4/h9-11H,5-8H2,1-4H3. The Kier molecular flexibility index (Phi) is 5.22. The van der Waals surface area contributed by atoms with E-state index >= 15 is 0 Å². The number of ether oxygens (including phenoxy) is 2. The first kappa shape index (κ1) is 13.5. The van der Waals surface area contributed by atoms with Gasteiger partial charge in [0.1, 0.15) is 0 Å². The van der Waals surface area contributed by atoms with Crippen molar-refractivity contribution in [3.05, 3.63) is 0 Å². The molecule has 0 aromatic carbocycles. The van der Waals surface area contributed by atoms with Crippen LogP contribution >= 0.6 is 0 Å².